The molecule has 0 spiro atoms. The topological polar surface area (TPSA) is 142 Å². The van der Waals surface area contributed by atoms with Crippen LogP contribution in [0.15, 0.2) is 64.9 Å². The van der Waals surface area contributed by atoms with E-state index in [0.29, 0.717) is 49.1 Å². The monoisotopic (exact) mass is 541 g/mol. The summed E-state index contributed by atoms with van der Waals surface area (Å²) in [5.41, 5.74) is 2.15. The van der Waals surface area contributed by atoms with Crippen molar-refractivity contribution in [3.05, 3.63) is 76.0 Å². The number of carbonyl (C=O) groups excluding carboxylic acids is 2. The molecule has 1 amide bonds. The lowest BCUT2D eigenvalue weighted by atomic mass is 10.0. The Morgan fingerprint density at radius 2 is 1.68 bits per heavy atom. The van der Waals surface area contributed by atoms with Crippen molar-refractivity contribution in [3.63, 3.8) is 0 Å². The normalized spacial score (nSPS) is 14.4. The molecule has 1 fully saturated rings. The molecule has 0 bridgehead atoms. The highest BCUT2D eigenvalue weighted by atomic mass is 32.2. The fraction of sp³-hybridized carbons (Fsp3) is 0.240. The van der Waals surface area contributed by atoms with Gasteiger partial charge in [-0.15, -0.1) is 11.3 Å². The van der Waals surface area contributed by atoms with E-state index in [1.54, 1.807) is 26.5 Å². The largest absolute Gasteiger partial charge is 0.748 e. The molecule has 10 nitrogen and oxygen atoms in total. The lowest BCUT2D eigenvalue weighted by Gasteiger charge is -2.35. The van der Waals surface area contributed by atoms with E-state index >= 15 is 0 Å². The van der Waals surface area contributed by atoms with Crippen LogP contribution >= 0.6 is 11.3 Å². The molecular formula is C25H23N3O7S2-2. The molecular weight excluding hydrogens is 518 g/mol. The number of thiophene rings is 1. The van der Waals surface area contributed by atoms with E-state index < -0.39 is 16.1 Å². The number of carbonyl (C=O) groups is 2. The van der Waals surface area contributed by atoms with E-state index in [1.807, 2.05) is 47.8 Å². The molecule has 5 rings (SSSR count). The molecule has 4 aromatic rings. The number of hydrogen-bond donors (Lipinski definition) is 0. The fourth-order valence-electron chi connectivity index (χ4n) is 4.26. The number of amides is 1. The minimum atomic E-state index is -3.92. The molecule has 0 aliphatic carbocycles. The van der Waals surface area contributed by atoms with Crippen LogP contribution in [0.2, 0.25) is 0 Å². The van der Waals surface area contributed by atoms with Gasteiger partial charge >= 0.3 is 0 Å². The number of hydrogen-bond acceptors (Lipinski definition) is 9. The second kappa shape index (κ2) is 10.8. The lowest BCUT2D eigenvalue weighted by Crippen LogP contribution is -2.51. The summed E-state index contributed by atoms with van der Waals surface area (Å²) in [6, 6.07) is 14.9. The second-order valence-corrected chi connectivity index (χ2v) is 10.9. The van der Waals surface area contributed by atoms with Gasteiger partial charge in [0.1, 0.15) is 0 Å². The molecule has 12 heteroatoms. The SMILES string of the molecule is CS(=O)(=O)[O-].O=C([O-])CN1CCN(C(=O)c2cc(-c3ccccc3)c(=O)n3ccc4ccsc4c23)CC1. The molecule has 194 valence electrons. The third kappa shape index (κ3) is 6.23. The highest BCUT2D eigenvalue weighted by Gasteiger charge is 2.26. The summed E-state index contributed by atoms with van der Waals surface area (Å²) in [7, 11) is -3.92. The number of fused-ring (bicyclic) bond motifs is 3. The summed E-state index contributed by atoms with van der Waals surface area (Å²) in [6.07, 6.45) is 2.33. The standard InChI is InChI=1S/C24H21N3O4S.CH4O3S/c28-20(29)15-25-9-11-26(12-10-25)23(30)19-14-18(16-4-2-1-3-5-16)24(31)27-8-6-17-7-13-32-22(17)21(19)27;1-5(2,3)4/h1-8,13-14H,9-12,15H2,(H,28,29);1H3,(H,2,3,4)/p-2. The van der Waals surface area contributed by atoms with Crippen molar-refractivity contribution in [2.24, 2.45) is 0 Å². The average Bonchev–Trinajstić information content (AvgIpc) is 3.33. The summed E-state index contributed by atoms with van der Waals surface area (Å²) < 4.78 is 29.7. The van der Waals surface area contributed by atoms with Crippen LogP contribution in [0.3, 0.4) is 0 Å². The number of carboxylic acid groups (broad SMARTS) is 1. The highest BCUT2D eigenvalue weighted by molar-refractivity contribution is 7.84. The Labute approximate surface area is 216 Å². The summed E-state index contributed by atoms with van der Waals surface area (Å²) in [6.45, 7) is 1.62. The quantitative estimate of drug-likeness (QED) is 0.346. The smallest absolute Gasteiger partial charge is 0.263 e. The van der Waals surface area contributed by atoms with Crippen molar-refractivity contribution in [1.29, 1.82) is 0 Å². The van der Waals surface area contributed by atoms with Gasteiger partial charge in [0.25, 0.3) is 11.5 Å². The lowest BCUT2D eigenvalue weighted by molar-refractivity contribution is -0.306. The number of benzene rings is 1. The maximum Gasteiger partial charge on any atom is 0.263 e. The Hall–Kier alpha value is -3.58. The molecule has 37 heavy (non-hydrogen) atoms. The van der Waals surface area contributed by atoms with E-state index in [1.165, 1.54) is 11.3 Å². The number of piperazine rings is 1. The Balaban J connectivity index is 0.000000586. The number of aliphatic carboxylic acids is 1. The van der Waals surface area contributed by atoms with Crippen molar-refractivity contribution in [2.75, 3.05) is 39.0 Å². The number of nitrogens with zero attached hydrogens (tertiary/aromatic N) is 3. The minimum Gasteiger partial charge on any atom is -0.748 e. The van der Waals surface area contributed by atoms with Crippen LogP contribution in [0.25, 0.3) is 26.7 Å². The number of pyridine rings is 2. The maximum atomic E-state index is 13.7. The first-order valence-corrected chi connectivity index (χ1v) is 14.0. The minimum absolute atomic E-state index is 0.139. The zero-order chi connectivity index (χ0) is 26.7. The van der Waals surface area contributed by atoms with Crippen LogP contribution < -0.4 is 10.7 Å². The Morgan fingerprint density at radius 3 is 2.30 bits per heavy atom. The van der Waals surface area contributed by atoms with Crippen LogP contribution in [0.5, 0.6) is 0 Å². The predicted octanol–water partition coefficient (Wildman–Crippen LogP) is 0.850. The molecule has 0 atom stereocenters. The second-order valence-electron chi connectivity index (χ2n) is 8.53. The average molecular weight is 542 g/mol. The van der Waals surface area contributed by atoms with Gasteiger partial charge in [-0.3, -0.25) is 18.9 Å². The maximum absolute atomic E-state index is 13.7. The van der Waals surface area contributed by atoms with Gasteiger partial charge in [-0.25, -0.2) is 8.42 Å². The third-order valence-corrected chi connectivity index (χ3v) is 6.81. The zero-order valence-electron chi connectivity index (χ0n) is 19.8. The molecule has 1 aliphatic heterocycles. The Kier molecular flexibility index (Phi) is 7.73. The molecule has 0 saturated carbocycles. The molecule has 4 heterocycles. The van der Waals surface area contributed by atoms with E-state index in [4.69, 9.17) is 13.0 Å². The molecule has 0 unspecified atom stereocenters. The number of carboxylic acids is 1. The van der Waals surface area contributed by atoms with Gasteiger partial charge in [0.05, 0.1) is 31.9 Å². The molecule has 1 saturated heterocycles. The van der Waals surface area contributed by atoms with Gasteiger partial charge in [-0.05, 0) is 34.5 Å². The molecule has 3 aromatic heterocycles. The van der Waals surface area contributed by atoms with Gasteiger partial charge in [-0.1, -0.05) is 30.3 Å². The molecule has 1 aromatic carbocycles. The van der Waals surface area contributed by atoms with E-state index in [-0.39, 0.29) is 18.0 Å². The number of rotatable bonds is 4. The van der Waals surface area contributed by atoms with Gasteiger partial charge < -0.3 is 19.4 Å². The van der Waals surface area contributed by atoms with Crippen LogP contribution in [-0.4, -0.2) is 78.0 Å². The Morgan fingerprint density at radius 1 is 1.03 bits per heavy atom. The fourth-order valence-corrected chi connectivity index (χ4v) is 5.20. The van der Waals surface area contributed by atoms with Crippen molar-refractivity contribution < 1.29 is 27.7 Å². The highest BCUT2D eigenvalue weighted by Crippen LogP contribution is 2.30. The van der Waals surface area contributed by atoms with Crippen molar-refractivity contribution in [2.45, 2.75) is 0 Å². The molecule has 0 radical (unpaired) electrons. The number of aromatic nitrogens is 1. The third-order valence-electron chi connectivity index (χ3n) is 5.88. The van der Waals surface area contributed by atoms with Gasteiger partial charge in [0.15, 0.2) is 0 Å². The van der Waals surface area contributed by atoms with E-state index in [2.05, 4.69) is 0 Å². The van der Waals surface area contributed by atoms with Crippen LogP contribution in [0.1, 0.15) is 10.4 Å². The van der Waals surface area contributed by atoms with Crippen molar-refractivity contribution in [3.8, 4) is 11.1 Å². The first-order valence-electron chi connectivity index (χ1n) is 11.3. The summed E-state index contributed by atoms with van der Waals surface area (Å²) in [5, 5.41) is 13.8. The predicted molar refractivity (Wildman–Crippen MR) is 137 cm³/mol. The van der Waals surface area contributed by atoms with Gasteiger partial charge in [0.2, 0.25) is 0 Å². The van der Waals surface area contributed by atoms with Gasteiger partial charge in [-0.2, -0.15) is 0 Å². The van der Waals surface area contributed by atoms with Crippen molar-refractivity contribution >= 4 is 48.9 Å². The van der Waals surface area contributed by atoms with E-state index in [9.17, 15) is 19.5 Å². The summed E-state index contributed by atoms with van der Waals surface area (Å²) in [4.78, 5) is 41.4. The van der Waals surface area contributed by atoms with Gasteiger partial charge in [0, 0.05) is 50.7 Å². The Bertz CT molecular complexity index is 1610. The van der Waals surface area contributed by atoms with Crippen LogP contribution in [0, 0.1) is 0 Å². The summed E-state index contributed by atoms with van der Waals surface area (Å²) >= 11 is 1.50. The zero-order valence-corrected chi connectivity index (χ0v) is 21.5. The van der Waals surface area contributed by atoms with Crippen molar-refractivity contribution in [1.82, 2.24) is 14.2 Å². The molecule has 0 N–H and O–H groups in total. The van der Waals surface area contributed by atoms with Crippen LogP contribution in [-0.2, 0) is 14.9 Å². The first kappa shape index (κ1) is 26.5. The van der Waals surface area contributed by atoms with Crippen LogP contribution in [0.4, 0.5) is 0 Å². The molecule has 1 aliphatic rings. The summed E-state index contributed by atoms with van der Waals surface area (Å²) in [5.74, 6) is -1.28. The van der Waals surface area contributed by atoms with E-state index in [0.717, 1.165) is 15.6 Å². The first-order chi connectivity index (χ1) is 17.5.